The number of carbonyl (C=O) groups is 1. The first kappa shape index (κ1) is 13.3. The number of amides is 1. The van der Waals surface area contributed by atoms with Crippen LogP contribution in [0.15, 0.2) is 18.5 Å². The number of hydrogen-bond acceptors (Lipinski definition) is 3. The summed E-state index contributed by atoms with van der Waals surface area (Å²) in [6.45, 7) is 5.91. The lowest BCUT2D eigenvalue weighted by Gasteiger charge is -2.19. The maximum atomic E-state index is 11.3. The minimum Gasteiger partial charge on any atom is -0.444 e. The van der Waals surface area contributed by atoms with Gasteiger partial charge in [-0.15, -0.1) is 0 Å². The lowest BCUT2D eigenvalue weighted by molar-refractivity contribution is 0.0534. The number of nitrogens with one attached hydrogen (secondary N) is 1. The Morgan fingerprint density at radius 2 is 2.29 bits per heavy atom. The molecule has 1 N–H and O–H groups in total. The first-order valence-corrected chi connectivity index (χ1v) is 5.49. The summed E-state index contributed by atoms with van der Waals surface area (Å²) in [6, 6.07) is 0. The van der Waals surface area contributed by atoms with Gasteiger partial charge in [-0.25, -0.2) is 9.78 Å². The van der Waals surface area contributed by atoms with Gasteiger partial charge >= 0.3 is 6.09 Å². The lowest BCUT2D eigenvalue weighted by Crippen LogP contribution is -2.32. The molecule has 0 aliphatic rings. The summed E-state index contributed by atoms with van der Waals surface area (Å²) in [5.41, 5.74) is -0.465. The number of alkyl carbamates (subject to hydrolysis) is 1. The third-order valence-corrected chi connectivity index (χ3v) is 1.89. The van der Waals surface area contributed by atoms with Gasteiger partial charge in [0.2, 0.25) is 0 Å². The van der Waals surface area contributed by atoms with E-state index in [0.29, 0.717) is 6.54 Å². The lowest BCUT2D eigenvalue weighted by atomic mass is 10.2. The molecular weight excluding hydrogens is 218 g/mol. The van der Waals surface area contributed by atoms with Gasteiger partial charge in [0.05, 0.1) is 0 Å². The van der Waals surface area contributed by atoms with Gasteiger partial charge in [0.1, 0.15) is 11.4 Å². The summed E-state index contributed by atoms with van der Waals surface area (Å²) >= 11 is 0. The van der Waals surface area contributed by atoms with Crippen LogP contribution < -0.4 is 5.32 Å². The molecule has 0 spiro atoms. The van der Waals surface area contributed by atoms with Gasteiger partial charge in [-0.2, -0.15) is 0 Å². The quantitative estimate of drug-likeness (QED) is 0.874. The van der Waals surface area contributed by atoms with Crippen LogP contribution in [-0.4, -0.2) is 27.8 Å². The molecular formula is C12H19N3O2. The molecule has 5 nitrogen and oxygen atoms in total. The second-order valence-electron chi connectivity index (χ2n) is 4.68. The van der Waals surface area contributed by atoms with Crippen LogP contribution in [0.4, 0.5) is 4.79 Å². The first-order valence-electron chi connectivity index (χ1n) is 5.49. The number of nitrogens with zero attached hydrogens (tertiary/aromatic N) is 2. The molecule has 1 heterocycles. The Kier molecular flexibility index (Phi) is 4.31. The Morgan fingerprint density at radius 1 is 1.59 bits per heavy atom. The van der Waals surface area contributed by atoms with Crippen molar-refractivity contribution >= 4 is 12.2 Å². The summed E-state index contributed by atoms with van der Waals surface area (Å²) in [4.78, 5) is 15.4. The molecule has 1 rings (SSSR count). The average molecular weight is 237 g/mol. The summed E-state index contributed by atoms with van der Waals surface area (Å²) in [6.07, 6.45) is 6.84. The normalized spacial score (nSPS) is 11.8. The molecule has 0 unspecified atom stereocenters. The number of ether oxygens (including phenoxy) is 1. The van der Waals surface area contributed by atoms with E-state index in [1.807, 2.05) is 50.7 Å². The van der Waals surface area contributed by atoms with Crippen LogP contribution in [0.3, 0.4) is 0 Å². The van der Waals surface area contributed by atoms with E-state index < -0.39 is 11.7 Å². The standard InChI is InChI=1S/C12H19N3O2/c1-12(2,3)17-11(16)14-7-5-6-10-13-8-9-15(10)4/h5-6,8-9H,7H2,1-4H3,(H,14,16). The van der Waals surface area contributed by atoms with Crippen LogP contribution in [0.5, 0.6) is 0 Å². The number of carbonyl (C=O) groups excluding carboxylic acids is 1. The van der Waals surface area contributed by atoms with Crippen LogP contribution >= 0.6 is 0 Å². The van der Waals surface area contributed by atoms with Gasteiger partial charge < -0.3 is 14.6 Å². The number of rotatable bonds is 3. The van der Waals surface area contributed by atoms with E-state index in [2.05, 4.69) is 10.3 Å². The zero-order valence-corrected chi connectivity index (χ0v) is 10.7. The molecule has 0 aromatic carbocycles. The average Bonchev–Trinajstić information content (AvgIpc) is 2.56. The van der Waals surface area contributed by atoms with Crippen LogP contribution in [0, 0.1) is 0 Å². The molecule has 94 valence electrons. The summed E-state index contributed by atoms with van der Waals surface area (Å²) in [5.74, 6) is 0.844. The van der Waals surface area contributed by atoms with Crippen molar-refractivity contribution in [1.82, 2.24) is 14.9 Å². The van der Waals surface area contributed by atoms with Crippen molar-refractivity contribution in [2.45, 2.75) is 26.4 Å². The highest BCUT2D eigenvalue weighted by atomic mass is 16.6. The van der Waals surface area contributed by atoms with E-state index in [1.165, 1.54) is 0 Å². The van der Waals surface area contributed by atoms with Gasteiger partial charge in [0.25, 0.3) is 0 Å². The van der Waals surface area contributed by atoms with Crippen LogP contribution in [-0.2, 0) is 11.8 Å². The maximum Gasteiger partial charge on any atom is 0.407 e. The SMILES string of the molecule is Cn1ccnc1C=CCNC(=O)OC(C)(C)C. The van der Waals surface area contributed by atoms with Crippen LogP contribution in [0.1, 0.15) is 26.6 Å². The smallest absolute Gasteiger partial charge is 0.407 e. The number of aryl methyl sites for hydroxylation is 1. The van der Waals surface area contributed by atoms with Gasteiger partial charge in [0, 0.05) is 26.0 Å². The van der Waals surface area contributed by atoms with Crippen molar-refractivity contribution in [2.24, 2.45) is 7.05 Å². The zero-order valence-electron chi connectivity index (χ0n) is 10.7. The molecule has 1 aromatic heterocycles. The highest BCUT2D eigenvalue weighted by Gasteiger charge is 2.14. The monoisotopic (exact) mass is 237 g/mol. The fourth-order valence-corrected chi connectivity index (χ4v) is 1.16. The molecule has 0 aliphatic carbocycles. The second-order valence-corrected chi connectivity index (χ2v) is 4.68. The Bertz CT molecular complexity index is 402. The largest absolute Gasteiger partial charge is 0.444 e. The third-order valence-electron chi connectivity index (χ3n) is 1.89. The van der Waals surface area contributed by atoms with E-state index >= 15 is 0 Å². The Balaban J connectivity index is 2.31. The van der Waals surface area contributed by atoms with E-state index in [1.54, 1.807) is 6.20 Å². The van der Waals surface area contributed by atoms with Gasteiger partial charge in [0.15, 0.2) is 0 Å². The molecule has 0 aliphatic heterocycles. The van der Waals surface area contributed by atoms with Crippen molar-refractivity contribution in [3.63, 3.8) is 0 Å². The molecule has 5 heteroatoms. The van der Waals surface area contributed by atoms with Crippen molar-refractivity contribution < 1.29 is 9.53 Å². The maximum absolute atomic E-state index is 11.3. The van der Waals surface area contributed by atoms with Crippen LogP contribution in [0.25, 0.3) is 6.08 Å². The fourth-order valence-electron chi connectivity index (χ4n) is 1.16. The number of aromatic nitrogens is 2. The molecule has 1 aromatic rings. The minimum atomic E-state index is -0.465. The Morgan fingerprint density at radius 3 is 2.82 bits per heavy atom. The second kappa shape index (κ2) is 5.52. The number of imidazole rings is 1. The fraction of sp³-hybridized carbons (Fsp3) is 0.500. The molecule has 0 bridgehead atoms. The molecule has 0 atom stereocenters. The van der Waals surface area contributed by atoms with Crippen LogP contribution in [0.2, 0.25) is 0 Å². The van der Waals surface area contributed by atoms with E-state index in [0.717, 1.165) is 5.82 Å². The Hall–Kier alpha value is -1.78. The van der Waals surface area contributed by atoms with Crippen molar-refractivity contribution in [3.8, 4) is 0 Å². The van der Waals surface area contributed by atoms with Crippen molar-refractivity contribution in [2.75, 3.05) is 6.54 Å². The van der Waals surface area contributed by atoms with E-state index in [-0.39, 0.29) is 0 Å². The molecule has 0 fully saturated rings. The van der Waals surface area contributed by atoms with Crippen molar-refractivity contribution in [3.05, 3.63) is 24.3 Å². The highest BCUT2D eigenvalue weighted by molar-refractivity contribution is 5.68. The summed E-state index contributed by atoms with van der Waals surface area (Å²) < 4.78 is 6.99. The predicted octanol–water partition coefficient (Wildman–Crippen LogP) is 1.96. The zero-order chi connectivity index (χ0) is 12.9. The molecule has 0 saturated heterocycles. The molecule has 0 saturated carbocycles. The van der Waals surface area contributed by atoms with Crippen molar-refractivity contribution in [1.29, 1.82) is 0 Å². The third kappa shape index (κ3) is 5.19. The number of hydrogen-bond donors (Lipinski definition) is 1. The van der Waals surface area contributed by atoms with Gasteiger partial charge in [-0.05, 0) is 26.8 Å². The minimum absolute atomic E-state index is 0.415. The molecule has 0 radical (unpaired) electrons. The van der Waals surface area contributed by atoms with E-state index in [4.69, 9.17) is 4.74 Å². The molecule has 1 amide bonds. The molecule has 17 heavy (non-hydrogen) atoms. The topological polar surface area (TPSA) is 56.2 Å². The Labute approximate surface area is 101 Å². The first-order chi connectivity index (χ1) is 7.88. The summed E-state index contributed by atoms with van der Waals surface area (Å²) in [7, 11) is 1.91. The van der Waals surface area contributed by atoms with Gasteiger partial charge in [-0.3, -0.25) is 0 Å². The predicted molar refractivity (Wildman–Crippen MR) is 66.5 cm³/mol. The van der Waals surface area contributed by atoms with Gasteiger partial charge in [-0.1, -0.05) is 6.08 Å². The van der Waals surface area contributed by atoms with E-state index in [9.17, 15) is 4.79 Å². The highest BCUT2D eigenvalue weighted by Crippen LogP contribution is 2.06. The summed E-state index contributed by atoms with van der Waals surface area (Å²) in [5, 5.41) is 2.64.